The van der Waals surface area contributed by atoms with Crippen molar-refractivity contribution in [1.82, 2.24) is 4.98 Å². The molecule has 0 saturated carbocycles. The number of fused-ring (bicyclic) bond motifs is 1. The molecule has 0 spiro atoms. The highest BCUT2D eigenvalue weighted by atomic mass is 127. The van der Waals surface area contributed by atoms with Crippen molar-refractivity contribution < 1.29 is 40.0 Å². The minimum absolute atomic E-state index is 0.0177. The Bertz CT molecular complexity index is 1620. The molecule has 1 saturated heterocycles. The topological polar surface area (TPSA) is 167 Å². The number of hydrogen-bond acceptors (Lipinski definition) is 9. The molecule has 15 heteroatoms. The number of amides is 1. The fourth-order valence-corrected chi connectivity index (χ4v) is 8.14. The van der Waals surface area contributed by atoms with Gasteiger partial charge >= 0.3 is 12.1 Å². The summed E-state index contributed by atoms with van der Waals surface area (Å²) in [7, 11) is -7.02. The Morgan fingerprint density at radius 3 is 2.55 bits per heavy atom. The first kappa shape index (κ1) is 28.2. The van der Waals surface area contributed by atoms with Crippen molar-refractivity contribution in [2.75, 3.05) is 22.9 Å². The summed E-state index contributed by atoms with van der Waals surface area (Å²) in [6.45, 7) is -0.0263. The summed E-state index contributed by atoms with van der Waals surface area (Å²) in [5, 5.41) is -0.380. The molecule has 204 valence electrons. The SMILES string of the molecule is CS(=O)(=O)N(CCCC1CCCS1(=O)=O)c1nc2oc(-c3ccc(F)cc3)c(C(=O)OC(N)=O)c2cc1I. The van der Waals surface area contributed by atoms with Gasteiger partial charge in [0.2, 0.25) is 15.7 Å². The van der Waals surface area contributed by atoms with Crippen LogP contribution in [-0.2, 0) is 24.6 Å². The number of furan rings is 1. The Kier molecular flexibility index (Phi) is 7.99. The maximum Gasteiger partial charge on any atom is 0.412 e. The summed E-state index contributed by atoms with van der Waals surface area (Å²) in [5.41, 5.74) is 4.95. The number of ether oxygens (including phenoxy) is 1. The van der Waals surface area contributed by atoms with E-state index in [1.807, 2.05) is 22.6 Å². The van der Waals surface area contributed by atoms with Gasteiger partial charge in [0.25, 0.3) is 0 Å². The van der Waals surface area contributed by atoms with Crippen LogP contribution < -0.4 is 10.0 Å². The molecular formula is C23H23FIN3O8S2. The van der Waals surface area contributed by atoms with Gasteiger partial charge in [-0.3, -0.25) is 4.31 Å². The van der Waals surface area contributed by atoms with Crippen LogP contribution in [-0.4, -0.2) is 57.7 Å². The number of carbonyl (C=O) groups is 2. The largest absolute Gasteiger partial charge is 0.437 e. The van der Waals surface area contributed by atoms with Gasteiger partial charge in [0, 0.05) is 12.1 Å². The Morgan fingerprint density at radius 1 is 1.29 bits per heavy atom. The highest BCUT2D eigenvalue weighted by molar-refractivity contribution is 14.1. The molecule has 1 atom stereocenters. The van der Waals surface area contributed by atoms with Gasteiger partial charge in [0.15, 0.2) is 21.4 Å². The van der Waals surface area contributed by atoms with Crippen molar-refractivity contribution in [2.45, 2.75) is 30.9 Å². The zero-order valence-corrected chi connectivity index (χ0v) is 23.8. The number of halogens is 2. The van der Waals surface area contributed by atoms with E-state index in [9.17, 15) is 30.8 Å². The van der Waals surface area contributed by atoms with Crippen molar-refractivity contribution in [1.29, 1.82) is 0 Å². The Hall–Kier alpha value is -2.79. The van der Waals surface area contributed by atoms with Crippen LogP contribution in [0.2, 0.25) is 0 Å². The minimum atomic E-state index is -3.85. The van der Waals surface area contributed by atoms with Gasteiger partial charge < -0.3 is 14.9 Å². The molecule has 38 heavy (non-hydrogen) atoms. The molecule has 4 rings (SSSR count). The quantitative estimate of drug-likeness (QED) is 0.213. The van der Waals surface area contributed by atoms with Gasteiger partial charge in [-0.1, -0.05) is 0 Å². The molecule has 1 aromatic carbocycles. The number of benzene rings is 1. The molecule has 3 heterocycles. The number of aromatic nitrogens is 1. The summed E-state index contributed by atoms with van der Waals surface area (Å²) in [6.07, 6.45) is 1.39. The third kappa shape index (κ3) is 5.93. The zero-order valence-electron chi connectivity index (χ0n) is 20.0. The number of sulfonamides is 1. The van der Waals surface area contributed by atoms with E-state index in [1.165, 1.54) is 18.2 Å². The smallest absolute Gasteiger partial charge is 0.412 e. The summed E-state index contributed by atoms with van der Waals surface area (Å²) in [4.78, 5) is 28.4. The first-order chi connectivity index (χ1) is 17.8. The maximum absolute atomic E-state index is 13.5. The number of nitrogens with zero attached hydrogens (tertiary/aromatic N) is 2. The van der Waals surface area contributed by atoms with Gasteiger partial charge in [-0.05, 0) is 78.6 Å². The van der Waals surface area contributed by atoms with Gasteiger partial charge in [0.05, 0.1) is 26.2 Å². The molecule has 2 aromatic heterocycles. The van der Waals surface area contributed by atoms with Crippen LogP contribution in [0.5, 0.6) is 0 Å². The number of nitrogens with two attached hydrogens (primary N) is 1. The van der Waals surface area contributed by atoms with Gasteiger partial charge in [-0.2, -0.15) is 4.98 Å². The first-order valence-corrected chi connectivity index (χ1v) is 16.0. The van der Waals surface area contributed by atoms with Crippen molar-refractivity contribution in [2.24, 2.45) is 5.73 Å². The minimum Gasteiger partial charge on any atom is -0.437 e. The van der Waals surface area contributed by atoms with Crippen LogP contribution in [0.4, 0.5) is 15.0 Å². The molecule has 1 amide bonds. The molecular weight excluding hydrogens is 656 g/mol. The molecule has 0 radical (unpaired) electrons. The Morgan fingerprint density at radius 2 is 1.97 bits per heavy atom. The number of rotatable bonds is 8. The molecule has 1 aliphatic rings. The number of carbonyl (C=O) groups excluding carboxylic acids is 2. The first-order valence-electron chi connectivity index (χ1n) is 11.4. The standard InChI is InChI=1S/C23H23FIN3O8S2/c1-37(31,32)28(10-2-4-15-5-3-11-38(15,33)34)20-17(25)12-16-18(22(29)36-23(26)30)19(35-21(16)27-20)13-6-8-14(24)9-7-13/h6-9,12,15H,2-5,10-11H2,1H3,(H2,26,30). The summed E-state index contributed by atoms with van der Waals surface area (Å²) >= 11 is 1.85. The maximum atomic E-state index is 13.5. The van der Waals surface area contributed by atoms with E-state index < -0.39 is 43.0 Å². The highest BCUT2D eigenvalue weighted by Crippen LogP contribution is 2.37. The second-order valence-electron chi connectivity index (χ2n) is 8.78. The van der Waals surface area contributed by atoms with Gasteiger partial charge in [-0.25, -0.2) is 30.8 Å². The van der Waals surface area contributed by atoms with Crippen molar-refractivity contribution in [3.8, 4) is 11.3 Å². The predicted octanol–water partition coefficient (Wildman–Crippen LogP) is 3.60. The second kappa shape index (κ2) is 10.8. The van der Waals surface area contributed by atoms with Crippen LogP contribution in [0.1, 0.15) is 36.0 Å². The van der Waals surface area contributed by atoms with Crippen LogP contribution in [0.25, 0.3) is 22.4 Å². The van der Waals surface area contributed by atoms with Crippen LogP contribution in [0.3, 0.4) is 0 Å². The molecule has 1 unspecified atom stereocenters. The molecule has 1 fully saturated rings. The van der Waals surface area contributed by atoms with Crippen LogP contribution in [0.15, 0.2) is 34.7 Å². The monoisotopic (exact) mass is 679 g/mol. The molecule has 3 aromatic rings. The van der Waals surface area contributed by atoms with E-state index in [-0.39, 0.29) is 52.5 Å². The van der Waals surface area contributed by atoms with Crippen molar-refractivity contribution >= 4 is 71.4 Å². The van der Waals surface area contributed by atoms with E-state index in [2.05, 4.69) is 9.72 Å². The molecule has 0 aliphatic carbocycles. The predicted molar refractivity (Wildman–Crippen MR) is 145 cm³/mol. The third-order valence-corrected chi connectivity index (χ3v) is 10.4. The fourth-order valence-electron chi connectivity index (χ4n) is 4.39. The van der Waals surface area contributed by atoms with E-state index in [1.54, 1.807) is 0 Å². The fraction of sp³-hybridized carbons (Fsp3) is 0.348. The van der Waals surface area contributed by atoms with Crippen molar-refractivity contribution in [3.63, 3.8) is 0 Å². The van der Waals surface area contributed by atoms with E-state index in [0.29, 0.717) is 22.8 Å². The summed E-state index contributed by atoms with van der Waals surface area (Å²) in [6, 6.07) is 6.43. The molecule has 0 bridgehead atoms. The highest BCUT2D eigenvalue weighted by Gasteiger charge is 2.32. The lowest BCUT2D eigenvalue weighted by Crippen LogP contribution is -2.33. The average Bonchev–Trinajstić information content (AvgIpc) is 3.34. The summed E-state index contributed by atoms with van der Waals surface area (Å²) in [5.74, 6) is -1.58. The zero-order chi connectivity index (χ0) is 27.8. The number of esters is 1. The van der Waals surface area contributed by atoms with Crippen LogP contribution in [0, 0.1) is 9.39 Å². The van der Waals surface area contributed by atoms with E-state index >= 15 is 0 Å². The van der Waals surface area contributed by atoms with Gasteiger partial charge in [-0.15, -0.1) is 0 Å². The number of primary amides is 1. The van der Waals surface area contributed by atoms with Crippen LogP contribution >= 0.6 is 22.6 Å². The van der Waals surface area contributed by atoms with Crippen molar-refractivity contribution in [3.05, 3.63) is 45.3 Å². The number of pyridine rings is 1. The Balaban J connectivity index is 1.76. The second-order valence-corrected chi connectivity index (χ2v) is 14.2. The normalized spacial score (nSPS) is 17.0. The van der Waals surface area contributed by atoms with Gasteiger partial charge in [0.1, 0.15) is 11.4 Å². The average molecular weight is 679 g/mol. The molecule has 11 nitrogen and oxygen atoms in total. The number of sulfone groups is 1. The Labute approximate surface area is 231 Å². The van der Waals surface area contributed by atoms with E-state index in [0.717, 1.165) is 22.7 Å². The van der Waals surface area contributed by atoms with E-state index in [4.69, 9.17) is 10.2 Å². The lowest BCUT2D eigenvalue weighted by Gasteiger charge is -2.23. The number of anilines is 1. The molecule has 2 N–H and O–H groups in total. The summed E-state index contributed by atoms with van der Waals surface area (Å²) < 4.78 is 75.0. The lowest BCUT2D eigenvalue weighted by molar-refractivity contribution is 0.0640. The number of hydrogen-bond donors (Lipinski definition) is 1. The third-order valence-electron chi connectivity index (χ3n) is 6.11. The lowest BCUT2D eigenvalue weighted by atomic mass is 10.1. The molecule has 1 aliphatic heterocycles.